The largest absolute Gasteiger partial charge is 0.508 e. The normalized spacial score (nSPS) is 12.3. The number of aromatic carboxylic acids is 1. The number of nitrogens with zero attached hydrogens (tertiary/aromatic N) is 2. The molecule has 0 aliphatic carbocycles. The first-order chi connectivity index (χ1) is 13.5. The number of carboxylic acid groups (broad SMARTS) is 1. The van der Waals surface area contributed by atoms with Gasteiger partial charge in [0.1, 0.15) is 11.3 Å². The minimum Gasteiger partial charge on any atom is -0.508 e. The van der Waals surface area contributed by atoms with Crippen molar-refractivity contribution in [3.63, 3.8) is 0 Å². The maximum atomic E-state index is 11.5. The lowest BCUT2D eigenvalue weighted by atomic mass is 10.1. The van der Waals surface area contributed by atoms with Crippen molar-refractivity contribution in [1.82, 2.24) is 9.97 Å². The minimum atomic E-state index is -1.03. The van der Waals surface area contributed by atoms with Crippen molar-refractivity contribution in [2.75, 3.05) is 0 Å². The highest BCUT2D eigenvalue weighted by Gasteiger charge is 2.16. The van der Waals surface area contributed by atoms with Crippen LogP contribution < -0.4 is 0 Å². The van der Waals surface area contributed by atoms with Crippen LogP contribution in [0.5, 0.6) is 5.75 Å². The van der Waals surface area contributed by atoms with Crippen molar-refractivity contribution in [3.8, 4) is 5.75 Å². The SMILES string of the molecule is C[C@H](OCc1ccccc1O)c1cccc2nc3c(C(=O)O)cccc3nc12. The average molecular weight is 374 g/mol. The highest BCUT2D eigenvalue weighted by molar-refractivity contribution is 6.02. The number of aromatic hydroxyl groups is 1. The number of rotatable bonds is 5. The summed E-state index contributed by atoms with van der Waals surface area (Å²) in [5, 5.41) is 19.3. The van der Waals surface area contributed by atoms with E-state index in [1.54, 1.807) is 30.3 Å². The van der Waals surface area contributed by atoms with Crippen LogP contribution in [0.15, 0.2) is 60.7 Å². The molecule has 0 aliphatic heterocycles. The zero-order valence-corrected chi connectivity index (χ0v) is 15.2. The van der Waals surface area contributed by atoms with Crippen LogP contribution in [-0.2, 0) is 11.3 Å². The second-order valence-corrected chi connectivity index (χ2v) is 6.50. The van der Waals surface area contributed by atoms with E-state index in [-0.39, 0.29) is 24.0 Å². The third-order valence-corrected chi connectivity index (χ3v) is 4.67. The van der Waals surface area contributed by atoms with Crippen LogP contribution in [0.1, 0.15) is 34.5 Å². The molecule has 6 heteroatoms. The highest BCUT2D eigenvalue weighted by Crippen LogP contribution is 2.28. The Morgan fingerprint density at radius 3 is 2.39 bits per heavy atom. The van der Waals surface area contributed by atoms with Crippen molar-refractivity contribution < 1.29 is 19.7 Å². The fourth-order valence-electron chi connectivity index (χ4n) is 3.18. The maximum absolute atomic E-state index is 11.5. The first kappa shape index (κ1) is 17.9. The van der Waals surface area contributed by atoms with Crippen molar-refractivity contribution in [2.45, 2.75) is 19.6 Å². The van der Waals surface area contributed by atoms with Gasteiger partial charge in [-0.25, -0.2) is 14.8 Å². The van der Waals surface area contributed by atoms with E-state index in [1.165, 1.54) is 6.07 Å². The van der Waals surface area contributed by atoms with Gasteiger partial charge in [0.25, 0.3) is 0 Å². The molecule has 0 amide bonds. The molecule has 0 fully saturated rings. The summed E-state index contributed by atoms with van der Waals surface area (Å²) in [6, 6.07) is 17.5. The number of phenolic OH excluding ortho intramolecular Hbond substituents is 1. The number of hydrogen-bond acceptors (Lipinski definition) is 5. The molecule has 0 spiro atoms. The molecule has 6 nitrogen and oxygen atoms in total. The summed E-state index contributed by atoms with van der Waals surface area (Å²) in [4.78, 5) is 20.7. The molecule has 0 unspecified atom stereocenters. The fourth-order valence-corrected chi connectivity index (χ4v) is 3.18. The van der Waals surface area contributed by atoms with Crippen LogP contribution in [0.4, 0.5) is 0 Å². The molecule has 0 saturated carbocycles. The van der Waals surface area contributed by atoms with E-state index >= 15 is 0 Å². The number of aromatic nitrogens is 2. The Morgan fingerprint density at radius 1 is 0.964 bits per heavy atom. The van der Waals surface area contributed by atoms with Gasteiger partial charge in [0.05, 0.1) is 34.8 Å². The fraction of sp³-hybridized carbons (Fsp3) is 0.136. The number of hydrogen-bond donors (Lipinski definition) is 2. The lowest BCUT2D eigenvalue weighted by Crippen LogP contribution is -2.04. The molecule has 1 aromatic heterocycles. The first-order valence-electron chi connectivity index (χ1n) is 8.86. The van der Waals surface area contributed by atoms with Gasteiger partial charge in [-0.2, -0.15) is 0 Å². The molecule has 4 rings (SSSR count). The van der Waals surface area contributed by atoms with Gasteiger partial charge >= 0.3 is 5.97 Å². The minimum absolute atomic E-state index is 0.126. The maximum Gasteiger partial charge on any atom is 0.337 e. The van der Waals surface area contributed by atoms with E-state index in [9.17, 15) is 15.0 Å². The zero-order valence-electron chi connectivity index (χ0n) is 15.2. The smallest absolute Gasteiger partial charge is 0.337 e. The summed E-state index contributed by atoms with van der Waals surface area (Å²) in [7, 11) is 0. The van der Waals surface area contributed by atoms with Gasteiger partial charge in [-0.1, -0.05) is 36.4 Å². The molecule has 0 saturated heterocycles. The lowest BCUT2D eigenvalue weighted by molar-refractivity contribution is 0.0522. The van der Waals surface area contributed by atoms with Crippen LogP contribution in [-0.4, -0.2) is 26.2 Å². The Kier molecular flexibility index (Phi) is 4.63. The van der Waals surface area contributed by atoms with Crippen molar-refractivity contribution >= 4 is 28.0 Å². The predicted octanol–water partition coefficient (Wildman–Crippen LogP) is 4.46. The summed E-state index contributed by atoms with van der Waals surface area (Å²) in [5.41, 5.74) is 3.84. The van der Waals surface area contributed by atoms with Gasteiger partial charge < -0.3 is 14.9 Å². The predicted molar refractivity (Wildman–Crippen MR) is 105 cm³/mol. The molecule has 0 aliphatic rings. The molecule has 3 aromatic carbocycles. The summed E-state index contributed by atoms with van der Waals surface area (Å²) >= 11 is 0. The summed E-state index contributed by atoms with van der Waals surface area (Å²) < 4.78 is 5.96. The standard InChI is InChI=1S/C22H18N2O4/c1-13(28-12-14-6-2-3-11-19(14)25)15-7-4-9-17-20(15)23-18-10-5-8-16(22(26)27)21(18)24-17/h2-11,13,25H,12H2,1H3,(H,26,27)/t13-/m0/s1. The number of carboxylic acids is 1. The number of carbonyl (C=O) groups is 1. The molecule has 28 heavy (non-hydrogen) atoms. The Morgan fingerprint density at radius 2 is 1.64 bits per heavy atom. The van der Waals surface area contributed by atoms with E-state index in [4.69, 9.17) is 4.74 Å². The summed E-state index contributed by atoms with van der Waals surface area (Å²) in [5.74, 6) is -0.839. The number of para-hydroxylation sites is 3. The van der Waals surface area contributed by atoms with Gasteiger partial charge in [-0.15, -0.1) is 0 Å². The second-order valence-electron chi connectivity index (χ2n) is 6.50. The molecule has 0 bridgehead atoms. The number of benzene rings is 3. The molecule has 0 radical (unpaired) electrons. The first-order valence-corrected chi connectivity index (χ1v) is 8.86. The Labute approximate surface area is 161 Å². The van der Waals surface area contributed by atoms with Gasteiger partial charge in [0.2, 0.25) is 0 Å². The molecule has 1 heterocycles. The van der Waals surface area contributed by atoms with Crippen LogP contribution in [0, 0.1) is 0 Å². The monoisotopic (exact) mass is 374 g/mol. The molecule has 140 valence electrons. The number of fused-ring (bicyclic) bond motifs is 2. The van der Waals surface area contributed by atoms with E-state index in [0.717, 1.165) is 5.56 Å². The van der Waals surface area contributed by atoms with Gasteiger partial charge in [0.15, 0.2) is 0 Å². The Bertz CT molecular complexity index is 1190. The van der Waals surface area contributed by atoms with Crippen LogP contribution >= 0.6 is 0 Å². The summed E-state index contributed by atoms with van der Waals surface area (Å²) in [6.07, 6.45) is -0.294. The lowest BCUT2D eigenvalue weighted by Gasteiger charge is -2.16. The van der Waals surface area contributed by atoms with Gasteiger partial charge in [-0.05, 0) is 31.2 Å². The van der Waals surface area contributed by atoms with Crippen molar-refractivity contribution in [2.24, 2.45) is 0 Å². The van der Waals surface area contributed by atoms with Gasteiger partial charge in [-0.3, -0.25) is 0 Å². The quantitative estimate of drug-likeness (QED) is 0.501. The zero-order chi connectivity index (χ0) is 19.7. The van der Waals surface area contributed by atoms with E-state index in [1.807, 2.05) is 31.2 Å². The van der Waals surface area contributed by atoms with E-state index in [0.29, 0.717) is 27.6 Å². The average Bonchev–Trinajstić information content (AvgIpc) is 2.70. The van der Waals surface area contributed by atoms with Crippen LogP contribution in [0.2, 0.25) is 0 Å². The Hall–Kier alpha value is -3.51. The number of phenols is 1. The number of ether oxygens (including phenoxy) is 1. The third kappa shape index (κ3) is 3.25. The molecule has 1 atom stereocenters. The third-order valence-electron chi connectivity index (χ3n) is 4.67. The molecular formula is C22H18N2O4. The Balaban J connectivity index is 1.73. The molecular weight excluding hydrogens is 356 g/mol. The van der Waals surface area contributed by atoms with E-state index in [2.05, 4.69) is 9.97 Å². The molecule has 4 aromatic rings. The topological polar surface area (TPSA) is 92.5 Å². The van der Waals surface area contributed by atoms with Gasteiger partial charge in [0, 0.05) is 11.1 Å². The van der Waals surface area contributed by atoms with Crippen molar-refractivity contribution in [3.05, 3.63) is 77.4 Å². The summed E-state index contributed by atoms with van der Waals surface area (Å²) in [6.45, 7) is 2.17. The van der Waals surface area contributed by atoms with E-state index < -0.39 is 5.97 Å². The van der Waals surface area contributed by atoms with Crippen molar-refractivity contribution in [1.29, 1.82) is 0 Å². The highest BCUT2D eigenvalue weighted by atomic mass is 16.5. The van der Waals surface area contributed by atoms with Crippen LogP contribution in [0.3, 0.4) is 0 Å². The second kappa shape index (κ2) is 7.25. The van der Waals surface area contributed by atoms with Crippen LogP contribution in [0.25, 0.3) is 22.1 Å². The molecule has 2 N–H and O–H groups in total.